The summed E-state index contributed by atoms with van der Waals surface area (Å²) in [5, 5.41) is 12.5. The molecule has 1 aromatic rings. The minimum atomic E-state index is -0.854. The van der Waals surface area contributed by atoms with Crippen molar-refractivity contribution in [2.75, 3.05) is 16.8 Å². The summed E-state index contributed by atoms with van der Waals surface area (Å²) in [5.74, 6) is 1.85. The number of allylic oxidation sites excluding steroid dienone is 7. The molecule has 1 heterocycles. The second-order valence-electron chi connectivity index (χ2n) is 8.71. The molecule has 1 unspecified atom stereocenters. The lowest BCUT2D eigenvalue weighted by atomic mass is 10.0. The fourth-order valence-corrected chi connectivity index (χ4v) is 3.99. The molecule has 0 spiro atoms. The Morgan fingerprint density at radius 2 is 1.78 bits per heavy atom. The van der Waals surface area contributed by atoms with Crippen LogP contribution in [0.2, 0.25) is 0 Å². The molecule has 0 aliphatic heterocycles. The van der Waals surface area contributed by atoms with E-state index in [9.17, 15) is 9.90 Å². The van der Waals surface area contributed by atoms with Crippen LogP contribution in [-0.2, 0) is 4.79 Å². The van der Waals surface area contributed by atoms with Crippen molar-refractivity contribution in [2.24, 2.45) is 0 Å². The molecule has 0 saturated carbocycles. The second-order valence-corrected chi connectivity index (χ2v) is 9.79. The lowest BCUT2D eigenvalue weighted by Crippen LogP contribution is -2.31. The average Bonchev–Trinajstić information content (AvgIpc) is 3.11. The highest BCUT2D eigenvalue weighted by Crippen LogP contribution is 2.18. The zero-order valence-electron chi connectivity index (χ0n) is 20.6. The predicted octanol–water partition coefficient (Wildman–Crippen LogP) is 7.07. The molecule has 1 aromatic heterocycles. The zero-order valence-corrected chi connectivity index (χ0v) is 21.4. The number of hydrogen-bond acceptors (Lipinski definition) is 4. The Hall–Kier alpha value is -2.21. The van der Waals surface area contributed by atoms with E-state index in [4.69, 9.17) is 0 Å². The zero-order chi connectivity index (χ0) is 23.9. The number of aryl methyl sites for hydroxylation is 1. The number of aromatic nitrogens is 2. The van der Waals surface area contributed by atoms with Crippen LogP contribution in [0.25, 0.3) is 0 Å². The molecule has 0 aliphatic rings. The lowest BCUT2D eigenvalue weighted by molar-refractivity contribution is -0.137. The van der Waals surface area contributed by atoms with E-state index in [1.807, 2.05) is 6.92 Å². The number of imidazole rings is 1. The maximum atomic E-state index is 11.6. The topological polar surface area (TPSA) is 78.0 Å². The van der Waals surface area contributed by atoms with Crippen LogP contribution in [0.5, 0.6) is 0 Å². The van der Waals surface area contributed by atoms with Gasteiger partial charge in [0.2, 0.25) is 0 Å². The predicted molar refractivity (Wildman–Crippen MR) is 139 cm³/mol. The molecule has 3 N–H and O–H groups in total. The fraction of sp³-hybridized carbons (Fsp3) is 0.538. The Morgan fingerprint density at radius 3 is 2.38 bits per heavy atom. The number of aliphatic carboxylic acids is 1. The normalized spacial score (nSPS) is 12.9. The molecule has 0 aromatic carbocycles. The first-order valence-corrected chi connectivity index (χ1v) is 12.5. The van der Waals surface area contributed by atoms with Gasteiger partial charge in [0, 0.05) is 11.5 Å². The van der Waals surface area contributed by atoms with Crippen molar-refractivity contribution in [3.63, 3.8) is 0 Å². The summed E-state index contributed by atoms with van der Waals surface area (Å²) in [6, 6.07) is -0.652. The fourth-order valence-electron chi connectivity index (χ4n) is 3.04. The van der Waals surface area contributed by atoms with Gasteiger partial charge >= 0.3 is 5.97 Å². The molecule has 1 rings (SSSR count). The van der Waals surface area contributed by atoms with Gasteiger partial charge in [-0.3, -0.25) is 0 Å². The highest BCUT2D eigenvalue weighted by Gasteiger charge is 2.17. The van der Waals surface area contributed by atoms with Gasteiger partial charge in [-0.15, -0.1) is 0 Å². The Morgan fingerprint density at radius 1 is 1.09 bits per heavy atom. The summed E-state index contributed by atoms with van der Waals surface area (Å²) in [6.07, 6.45) is 16.1. The van der Waals surface area contributed by atoms with Crippen molar-refractivity contribution >= 4 is 23.5 Å². The Bertz CT molecular complexity index is 826. The standard InChI is InChI=1S/C26H41N3O2S/c1-19(2)9-7-10-21(5)11-8-12-23(14-13-20(3)4)15-16-32-18-24(26(30)31)29-25-17-27-22(6)28-25/h9,11,13,15,17,24,29H,7-8,10,12,14,16,18H2,1-6H3,(H,27,28)(H,30,31)/b21-11+,23-15-. The van der Waals surface area contributed by atoms with Crippen molar-refractivity contribution < 1.29 is 9.90 Å². The highest BCUT2D eigenvalue weighted by atomic mass is 32.2. The maximum absolute atomic E-state index is 11.6. The second kappa shape index (κ2) is 15.6. The number of rotatable bonds is 15. The van der Waals surface area contributed by atoms with E-state index in [2.05, 4.69) is 74.2 Å². The summed E-state index contributed by atoms with van der Waals surface area (Å²) in [5.41, 5.74) is 5.56. The highest BCUT2D eigenvalue weighted by molar-refractivity contribution is 7.99. The van der Waals surface area contributed by atoms with Gasteiger partial charge in [-0.1, -0.05) is 46.6 Å². The molecule has 0 amide bonds. The van der Waals surface area contributed by atoms with Gasteiger partial charge in [0.1, 0.15) is 17.7 Å². The number of carboxylic acid groups (broad SMARTS) is 1. The number of nitrogens with zero attached hydrogens (tertiary/aromatic N) is 1. The third-order valence-corrected chi connectivity index (χ3v) is 5.90. The van der Waals surface area contributed by atoms with Gasteiger partial charge in [-0.05, 0) is 73.6 Å². The Balaban J connectivity index is 2.57. The smallest absolute Gasteiger partial charge is 0.327 e. The summed E-state index contributed by atoms with van der Waals surface area (Å²) >= 11 is 1.64. The van der Waals surface area contributed by atoms with E-state index in [-0.39, 0.29) is 0 Å². The number of anilines is 1. The molecule has 1 atom stereocenters. The van der Waals surface area contributed by atoms with E-state index in [0.29, 0.717) is 11.6 Å². The lowest BCUT2D eigenvalue weighted by Gasteiger charge is -2.13. The van der Waals surface area contributed by atoms with Crippen molar-refractivity contribution in [3.05, 3.63) is 58.6 Å². The summed E-state index contributed by atoms with van der Waals surface area (Å²) < 4.78 is 0. The first-order chi connectivity index (χ1) is 15.2. The molecule has 178 valence electrons. The van der Waals surface area contributed by atoms with Crippen LogP contribution in [0.3, 0.4) is 0 Å². The van der Waals surface area contributed by atoms with Crippen molar-refractivity contribution in [2.45, 2.75) is 79.7 Å². The van der Waals surface area contributed by atoms with Crippen LogP contribution in [-0.4, -0.2) is 38.6 Å². The van der Waals surface area contributed by atoms with Crippen molar-refractivity contribution in [1.82, 2.24) is 9.97 Å². The van der Waals surface area contributed by atoms with E-state index in [1.165, 1.54) is 22.3 Å². The monoisotopic (exact) mass is 459 g/mol. The summed E-state index contributed by atoms with van der Waals surface area (Å²) in [4.78, 5) is 18.7. The van der Waals surface area contributed by atoms with E-state index in [0.717, 1.165) is 43.7 Å². The van der Waals surface area contributed by atoms with Gasteiger partial charge in [0.05, 0.1) is 6.20 Å². The number of carbonyl (C=O) groups is 1. The van der Waals surface area contributed by atoms with E-state index >= 15 is 0 Å². The molecule has 6 heteroatoms. The van der Waals surface area contributed by atoms with Crippen LogP contribution in [0.4, 0.5) is 5.82 Å². The molecule has 0 radical (unpaired) electrons. The van der Waals surface area contributed by atoms with Crippen LogP contribution in [0, 0.1) is 6.92 Å². The van der Waals surface area contributed by atoms with Gasteiger partial charge in [-0.2, -0.15) is 11.8 Å². The molecular weight excluding hydrogens is 418 g/mol. The molecule has 5 nitrogen and oxygen atoms in total. The third-order valence-electron chi connectivity index (χ3n) is 4.93. The average molecular weight is 460 g/mol. The number of thioether (sulfide) groups is 1. The van der Waals surface area contributed by atoms with Crippen LogP contribution in [0.15, 0.2) is 52.8 Å². The van der Waals surface area contributed by atoms with E-state index < -0.39 is 12.0 Å². The van der Waals surface area contributed by atoms with Crippen molar-refractivity contribution in [3.8, 4) is 0 Å². The minimum absolute atomic E-state index is 0.489. The van der Waals surface area contributed by atoms with Crippen LogP contribution < -0.4 is 5.32 Å². The number of hydrogen-bond donors (Lipinski definition) is 3. The maximum Gasteiger partial charge on any atom is 0.327 e. The molecule has 0 fully saturated rings. The Labute approximate surface area is 198 Å². The number of aromatic amines is 1. The first kappa shape index (κ1) is 27.8. The van der Waals surface area contributed by atoms with Gasteiger partial charge < -0.3 is 15.4 Å². The van der Waals surface area contributed by atoms with E-state index in [1.54, 1.807) is 18.0 Å². The van der Waals surface area contributed by atoms with Crippen molar-refractivity contribution in [1.29, 1.82) is 0 Å². The summed E-state index contributed by atoms with van der Waals surface area (Å²) in [7, 11) is 0. The van der Waals surface area contributed by atoms with Crippen LogP contribution in [0.1, 0.15) is 72.5 Å². The van der Waals surface area contributed by atoms with Crippen LogP contribution >= 0.6 is 11.8 Å². The molecule has 0 bridgehead atoms. The Kier molecular flexibility index (Phi) is 13.5. The largest absolute Gasteiger partial charge is 0.480 e. The third kappa shape index (κ3) is 13.3. The molecule has 0 saturated heterocycles. The molecule has 32 heavy (non-hydrogen) atoms. The molecule has 0 aliphatic carbocycles. The number of nitrogens with one attached hydrogen (secondary N) is 2. The van der Waals surface area contributed by atoms with Gasteiger partial charge in [0.25, 0.3) is 0 Å². The summed E-state index contributed by atoms with van der Waals surface area (Å²) in [6.45, 7) is 12.6. The van der Waals surface area contributed by atoms with Gasteiger partial charge in [-0.25, -0.2) is 9.78 Å². The first-order valence-electron chi connectivity index (χ1n) is 11.4. The quantitative estimate of drug-likeness (QED) is 0.193. The minimum Gasteiger partial charge on any atom is -0.480 e. The SMILES string of the molecule is CC(C)=CCC/C(C)=C/CC/C(=C/CSCC(Nc1cnc(C)[nH]1)C(=O)O)CC=C(C)C. The van der Waals surface area contributed by atoms with Gasteiger partial charge in [0.15, 0.2) is 0 Å². The number of H-pyrrole nitrogens is 1. The number of carboxylic acids is 1. The molecular formula is C26H41N3O2S.